The van der Waals surface area contributed by atoms with Crippen LogP contribution >= 0.6 is 15.9 Å². The van der Waals surface area contributed by atoms with Gasteiger partial charge >= 0.3 is 0 Å². The molecule has 210 valence electrons. The van der Waals surface area contributed by atoms with Gasteiger partial charge < -0.3 is 14.9 Å². The van der Waals surface area contributed by atoms with Gasteiger partial charge in [0.15, 0.2) is 11.6 Å². The van der Waals surface area contributed by atoms with E-state index in [4.69, 9.17) is 0 Å². The smallest absolute Gasteiger partial charge is 0.256 e. The van der Waals surface area contributed by atoms with E-state index in [-0.39, 0.29) is 23.4 Å². The number of amides is 2. The van der Waals surface area contributed by atoms with Crippen LogP contribution < -0.4 is 0 Å². The monoisotopic (exact) mass is 611 g/mol. The van der Waals surface area contributed by atoms with E-state index in [2.05, 4.69) is 34.8 Å². The Balaban J connectivity index is 1.32. The molecule has 9 heteroatoms. The number of carbonyl (C=O) groups is 2. The van der Waals surface area contributed by atoms with Gasteiger partial charge in [0.25, 0.3) is 11.8 Å². The molecule has 0 bridgehead atoms. The zero-order valence-electron chi connectivity index (χ0n) is 22.5. The Morgan fingerprint density at radius 3 is 2.45 bits per heavy atom. The Bertz CT molecular complexity index is 1440. The van der Waals surface area contributed by atoms with Gasteiger partial charge in [0.1, 0.15) is 0 Å². The number of pyridine rings is 1. The number of nitrogens with zero attached hydrogens (tertiary/aromatic N) is 3. The third kappa shape index (κ3) is 5.54. The van der Waals surface area contributed by atoms with Gasteiger partial charge in [-0.05, 0) is 79.3 Å². The minimum atomic E-state index is -1.01. The van der Waals surface area contributed by atoms with Crippen molar-refractivity contribution in [2.45, 2.75) is 45.1 Å². The first kappa shape index (κ1) is 28.4. The summed E-state index contributed by atoms with van der Waals surface area (Å²) in [4.78, 5) is 34.9. The Hall–Kier alpha value is -3.17. The molecule has 2 saturated heterocycles. The molecule has 2 amide bonds. The Morgan fingerprint density at radius 2 is 1.75 bits per heavy atom. The van der Waals surface area contributed by atoms with E-state index in [0.717, 1.165) is 22.2 Å². The molecule has 1 spiro atoms. The molecule has 2 aliphatic heterocycles. The molecule has 3 heterocycles. The molecule has 6 nitrogen and oxygen atoms in total. The molecular weight excluding hydrogens is 580 g/mol. The number of piperidine rings is 2. The normalized spacial score (nSPS) is 18.8. The van der Waals surface area contributed by atoms with Crippen LogP contribution in [0.2, 0.25) is 0 Å². The van der Waals surface area contributed by atoms with Crippen molar-refractivity contribution in [1.82, 2.24) is 14.8 Å². The molecule has 2 fully saturated rings. The summed E-state index contributed by atoms with van der Waals surface area (Å²) in [7, 11) is 0. The van der Waals surface area contributed by atoms with Crippen LogP contribution in [0.1, 0.15) is 65.3 Å². The zero-order valence-corrected chi connectivity index (χ0v) is 24.1. The summed E-state index contributed by atoms with van der Waals surface area (Å²) in [6, 6.07) is 12.5. The highest BCUT2D eigenvalue weighted by atomic mass is 79.9. The van der Waals surface area contributed by atoms with Crippen molar-refractivity contribution in [1.29, 1.82) is 0 Å². The van der Waals surface area contributed by atoms with Crippen molar-refractivity contribution >= 4 is 27.7 Å². The SMILES string of the molecule is CC(C)c1cc(Br)cc(C(=O)N2CCC3(CC2)CN(C(=O)c2cccnc2-c2ccc(F)c(F)c2)CCC3O)c1. The van der Waals surface area contributed by atoms with E-state index in [1.165, 1.54) is 12.3 Å². The van der Waals surface area contributed by atoms with Gasteiger partial charge in [0, 0.05) is 53.4 Å². The van der Waals surface area contributed by atoms with Crippen LogP contribution in [0.15, 0.2) is 59.2 Å². The second-order valence-electron chi connectivity index (χ2n) is 11.1. The molecule has 1 aromatic heterocycles. The van der Waals surface area contributed by atoms with Crippen LogP contribution in [0.25, 0.3) is 11.3 Å². The summed E-state index contributed by atoms with van der Waals surface area (Å²) in [5.41, 5.74) is 2.08. The summed E-state index contributed by atoms with van der Waals surface area (Å²) >= 11 is 3.52. The van der Waals surface area contributed by atoms with Gasteiger partial charge in [-0.2, -0.15) is 0 Å². The summed E-state index contributed by atoms with van der Waals surface area (Å²) in [5.74, 6) is -2.00. The van der Waals surface area contributed by atoms with Crippen molar-refractivity contribution in [2.24, 2.45) is 5.41 Å². The molecule has 1 unspecified atom stereocenters. The van der Waals surface area contributed by atoms with Gasteiger partial charge in [-0.1, -0.05) is 29.8 Å². The summed E-state index contributed by atoms with van der Waals surface area (Å²) in [5, 5.41) is 11.1. The number of aliphatic hydroxyl groups excluding tert-OH is 1. The van der Waals surface area contributed by atoms with Crippen LogP contribution in [0.5, 0.6) is 0 Å². The predicted molar refractivity (Wildman–Crippen MR) is 152 cm³/mol. The lowest BCUT2D eigenvalue weighted by atomic mass is 9.70. The fraction of sp³-hybridized carbons (Fsp3) is 0.387. The van der Waals surface area contributed by atoms with E-state index in [0.29, 0.717) is 62.1 Å². The standard InChI is InChI=1S/C31H32BrF2N3O3/c1-19(2)21-14-22(16-23(32)15-21)29(39)36-12-8-31(9-13-36)18-37(11-7-27(31)38)30(40)24-4-3-10-35-28(24)20-5-6-25(33)26(34)17-20/h3-6,10,14-17,19,27,38H,7-9,11-13,18H2,1-2H3. The van der Waals surface area contributed by atoms with E-state index >= 15 is 0 Å². The molecule has 0 aliphatic carbocycles. The maximum atomic E-state index is 13.9. The number of halogens is 3. The summed E-state index contributed by atoms with van der Waals surface area (Å²) < 4.78 is 28.3. The largest absolute Gasteiger partial charge is 0.392 e. The van der Waals surface area contributed by atoms with Gasteiger partial charge in [0.05, 0.1) is 17.4 Å². The maximum absolute atomic E-state index is 13.9. The molecular formula is C31H32BrF2N3O3. The highest BCUT2D eigenvalue weighted by Crippen LogP contribution is 2.41. The van der Waals surface area contributed by atoms with Gasteiger partial charge in [-0.25, -0.2) is 8.78 Å². The van der Waals surface area contributed by atoms with Gasteiger partial charge in [-0.15, -0.1) is 0 Å². The predicted octanol–water partition coefficient (Wildman–Crippen LogP) is 6.04. The molecule has 0 saturated carbocycles. The zero-order chi connectivity index (χ0) is 28.6. The number of aromatic nitrogens is 1. The van der Waals surface area contributed by atoms with Crippen LogP contribution in [0.4, 0.5) is 8.78 Å². The second kappa shape index (κ2) is 11.4. The minimum absolute atomic E-state index is 0.0391. The first-order chi connectivity index (χ1) is 19.1. The number of benzene rings is 2. The van der Waals surface area contributed by atoms with Crippen molar-refractivity contribution in [3.8, 4) is 11.3 Å². The third-order valence-electron chi connectivity index (χ3n) is 8.28. The van der Waals surface area contributed by atoms with Crippen molar-refractivity contribution in [2.75, 3.05) is 26.2 Å². The topological polar surface area (TPSA) is 73.7 Å². The number of rotatable bonds is 4. The van der Waals surface area contributed by atoms with E-state index < -0.39 is 23.2 Å². The number of hydrogen-bond donors (Lipinski definition) is 1. The lowest BCUT2D eigenvalue weighted by Crippen LogP contribution is -2.58. The van der Waals surface area contributed by atoms with Crippen LogP contribution in [-0.2, 0) is 0 Å². The number of carbonyl (C=O) groups excluding carboxylic acids is 2. The fourth-order valence-corrected chi connectivity index (χ4v) is 6.35. The number of aliphatic hydroxyl groups is 1. The summed E-state index contributed by atoms with van der Waals surface area (Å²) in [6.07, 6.45) is 2.47. The second-order valence-corrected chi connectivity index (χ2v) is 12.1. The van der Waals surface area contributed by atoms with E-state index in [9.17, 15) is 23.5 Å². The molecule has 40 heavy (non-hydrogen) atoms. The van der Waals surface area contributed by atoms with Gasteiger partial charge in [-0.3, -0.25) is 14.6 Å². The highest BCUT2D eigenvalue weighted by Gasteiger charge is 2.46. The molecule has 0 radical (unpaired) electrons. The Labute approximate surface area is 241 Å². The first-order valence-electron chi connectivity index (χ1n) is 13.6. The average molecular weight is 613 g/mol. The maximum Gasteiger partial charge on any atom is 0.256 e. The van der Waals surface area contributed by atoms with Crippen LogP contribution in [0.3, 0.4) is 0 Å². The Kier molecular flexibility index (Phi) is 8.06. The molecule has 3 aromatic rings. The molecule has 5 rings (SSSR count). The van der Waals surface area contributed by atoms with Crippen molar-refractivity contribution in [3.05, 3.63) is 87.5 Å². The quantitative estimate of drug-likeness (QED) is 0.390. The van der Waals surface area contributed by atoms with E-state index in [1.807, 2.05) is 23.1 Å². The average Bonchev–Trinajstić information content (AvgIpc) is 2.95. The number of likely N-dealkylation sites (tertiary alicyclic amines) is 2. The lowest BCUT2D eigenvalue weighted by molar-refractivity contribution is -0.0676. The van der Waals surface area contributed by atoms with E-state index in [1.54, 1.807) is 17.0 Å². The fourth-order valence-electron chi connectivity index (χ4n) is 5.84. The lowest BCUT2D eigenvalue weighted by Gasteiger charge is -2.50. The van der Waals surface area contributed by atoms with Gasteiger partial charge in [0.2, 0.25) is 0 Å². The molecule has 1 atom stereocenters. The Morgan fingerprint density at radius 1 is 1.00 bits per heavy atom. The molecule has 2 aromatic carbocycles. The third-order valence-corrected chi connectivity index (χ3v) is 8.74. The van der Waals surface area contributed by atoms with Crippen molar-refractivity contribution < 1.29 is 23.5 Å². The van der Waals surface area contributed by atoms with Crippen LogP contribution in [-0.4, -0.2) is 64.0 Å². The van der Waals surface area contributed by atoms with Crippen molar-refractivity contribution in [3.63, 3.8) is 0 Å². The summed E-state index contributed by atoms with van der Waals surface area (Å²) in [6.45, 7) is 5.85. The minimum Gasteiger partial charge on any atom is -0.392 e. The highest BCUT2D eigenvalue weighted by molar-refractivity contribution is 9.10. The molecule has 2 aliphatic rings. The molecule has 1 N–H and O–H groups in total. The number of hydrogen-bond acceptors (Lipinski definition) is 4. The first-order valence-corrected chi connectivity index (χ1v) is 14.3. The van der Waals surface area contributed by atoms with Crippen LogP contribution in [0, 0.1) is 17.0 Å².